The Morgan fingerprint density at radius 1 is 1.50 bits per heavy atom. The molecule has 0 saturated heterocycles. The number of aliphatic hydroxyl groups is 1. The number of unbranched alkanes of at least 4 members (excludes halogenated alkanes) is 1. The van der Waals surface area contributed by atoms with E-state index in [4.69, 9.17) is 0 Å². The summed E-state index contributed by atoms with van der Waals surface area (Å²) in [5.41, 5.74) is -0.536. The van der Waals surface area contributed by atoms with E-state index in [-0.39, 0.29) is 5.91 Å². The van der Waals surface area contributed by atoms with Gasteiger partial charge < -0.3 is 10.4 Å². The molecule has 0 aliphatic heterocycles. The molecule has 3 nitrogen and oxygen atoms in total. The Balaban J connectivity index is 3.82. The highest BCUT2D eigenvalue weighted by Gasteiger charge is 2.25. The normalized spacial score (nSPS) is 13.8. The third-order valence-corrected chi connectivity index (χ3v) is 2.85. The minimum absolute atomic E-state index is 0.0110. The molecule has 0 radical (unpaired) electrons. The third kappa shape index (κ3) is 5.60. The average Bonchev–Trinajstić information content (AvgIpc) is 2.03. The molecule has 1 atom stereocenters. The number of carbonyl (C=O) groups excluding carboxylic acids is 1. The second-order valence-corrected chi connectivity index (χ2v) is 4.88. The van der Waals surface area contributed by atoms with Crippen molar-refractivity contribution < 1.29 is 9.90 Å². The zero-order chi connectivity index (χ0) is 11.2. The summed E-state index contributed by atoms with van der Waals surface area (Å²) in [6.07, 6.45) is 1.87. The van der Waals surface area contributed by atoms with Crippen molar-refractivity contribution in [3.8, 4) is 0 Å². The van der Waals surface area contributed by atoms with Crippen molar-refractivity contribution in [1.29, 1.82) is 0 Å². The maximum atomic E-state index is 11.4. The molecule has 84 valence electrons. The van der Waals surface area contributed by atoms with Crippen molar-refractivity contribution in [2.75, 3.05) is 5.33 Å². The van der Waals surface area contributed by atoms with Crippen LogP contribution in [0.1, 0.15) is 40.0 Å². The molecule has 0 saturated carbocycles. The first-order valence-electron chi connectivity index (χ1n) is 4.95. The first-order chi connectivity index (χ1) is 6.40. The molecule has 0 bridgehead atoms. The Morgan fingerprint density at radius 3 is 2.50 bits per heavy atom. The van der Waals surface area contributed by atoms with Gasteiger partial charge in [-0.1, -0.05) is 15.9 Å². The van der Waals surface area contributed by atoms with E-state index in [1.54, 1.807) is 6.92 Å². The third-order valence-electron chi connectivity index (χ3n) is 2.29. The van der Waals surface area contributed by atoms with E-state index in [2.05, 4.69) is 21.2 Å². The fourth-order valence-corrected chi connectivity index (χ4v) is 1.30. The summed E-state index contributed by atoms with van der Waals surface area (Å²) < 4.78 is 0. The summed E-state index contributed by atoms with van der Waals surface area (Å²) >= 11 is 3.31. The van der Waals surface area contributed by atoms with E-state index in [1.807, 2.05) is 13.8 Å². The molecular formula is C10H20BrNO2. The second kappa shape index (κ2) is 6.40. The van der Waals surface area contributed by atoms with Gasteiger partial charge in [0, 0.05) is 11.8 Å². The highest BCUT2D eigenvalue weighted by molar-refractivity contribution is 9.09. The fourth-order valence-electron chi connectivity index (χ4n) is 0.906. The molecule has 4 heteroatoms. The molecule has 1 amide bonds. The molecule has 0 fully saturated rings. The monoisotopic (exact) mass is 265 g/mol. The number of hydrogen-bond acceptors (Lipinski definition) is 2. The van der Waals surface area contributed by atoms with Crippen LogP contribution in [-0.4, -0.2) is 28.0 Å². The van der Waals surface area contributed by atoms with Crippen molar-refractivity contribution in [2.24, 2.45) is 0 Å². The minimum atomic E-state index is -0.539. The smallest absolute Gasteiger partial charge is 0.220 e. The van der Waals surface area contributed by atoms with Crippen LogP contribution in [0.4, 0.5) is 0 Å². The molecule has 0 heterocycles. The molecule has 0 aromatic carbocycles. The Kier molecular flexibility index (Phi) is 6.36. The summed E-state index contributed by atoms with van der Waals surface area (Å²) in [4.78, 5) is 11.4. The van der Waals surface area contributed by atoms with E-state index in [0.717, 1.165) is 18.2 Å². The maximum Gasteiger partial charge on any atom is 0.220 e. The van der Waals surface area contributed by atoms with Gasteiger partial charge in [-0.05, 0) is 33.6 Å². The lowest BCUT2D eigenvalue weighted by Gasteiger charge is -2.29. The highest BCUT2D eigenvalue weighted by atomic mass is 79.9. The van der Waals surface area contributed by atoms with Crippen LogP contribution in [0.25, 0.3) is 0 Å². The van der Waals surface area contributed by atoms with Gasteiger partial charge in [-0.2, -0.15) is 0 Å². The second-order valence-electron chi connectivity index (χ2n) is 4.09. The van der Waals surface area contributed by atoms with E-state index in [9.17, 15) is 9.90 Å². The van der Waals surface area contributed by atoms with Crippen molar-refractivity contribution in [1.82, 2.24) is 5.32 Å². The highest BCUT2D eigenvalue weighted by Crippen LogP contribution is 2.09. The van der Waals surface area contributed by atoms with E-state index in [0.29, 0.717) is 6.42 Å². The van der Waals surface area contributed by atoms with Crippen molar-refractivity contribution >= 4 is 21.8 Å². The van der Waals surface area contributed by atoms with E-state index >= 15 is 0 Å². The topological polar surface area (TPSA) is 49.3 Å². The predicted octanol–water partition coefficient (Wildman–Crippen LogP) is 1.83. The van der Waals surface area contributed by atoms with Crippen LogP contribution >= 0.6 is 15.9 Å². The van der Waals surface area contributed by atoms with Crippen LogP contribution in [0, 0.1) is 0 Å². The van der Waals surface area contributed by atoms with Crippen LogP contribution < -0.4 is 5.32 Å². The van der Waals surface area contributed by atoms with Gasteiger partial charge in [0.25, 0.3) is 0 Å². The van der Waals surface area contributed by atoms with E-state index < -0.39 is 11.6 Å². The van der Waals surface area contributed by atoms with Gasteiger partial charge in [0.15, 0.2) is 0 Å². The SMILES string of the molecule is CC(O)C(C)(C)NC(=O)CCCCBr. The largest absolute Gasteiger partial charge is 0.391 e. The average molecular weight is 266 g/mol. The lowest BCUT2D eigenvalue weighted by molar-refractivity contribution is -0.124. The first-order valence-corrected chi connectivity index (χ1v) is 6.07. The van der Waals surface area contributed by atoms with Crippen LogP contribution in [0.5, 0.6) is 0 Å². The molecule has 2 N–H and O–H groups in total. The Bertz CT molecular complexity index is 181. The molecule has 1 unspecified atom stereocenters. The van der Waals surface area contributed by atoms with Crippen LogP contribution in [0.15, 0.2) is 0 Å². The summed E-state index contributed by atoms with van der Waals surface area (Å²) in [6, 6.07) is 0. The van der Waals surface area contributed by atoms with Gasteiger partial charge in [0.05, 0.1) is 11.6 Å². The van der Waals surface area contributed by atoms with E-state index in [1.165, 1.54) is 0 Å². The summed E-state index contributed by atoms with van der Waals surface area (Å²) in [5.74, 6) is 0.0110. The molecule has 14 heavy (non-hydrogen) atoms. The number of carbonyl (C=O) groups is 1. The quantitative estimate of drug-likeness (QED) is 0.569. The number of amides is 1. The minimum Gasteiger partial charge on any atom is -0.391 e. The molecule has 0 aliphatic rings. The van der Waals surface area contributed by atoms with Gasteiger partial charge in [-0.25, -0.2) is 0 Å². The maximum absolute atomic E-state index is 11.4. The van der Waals surface area contributed by atoms with Gasteiger partial charge in [-0.3, -0.25) is 4.79 Å². The van der Waals surface area contributed by atoms with Gasteiger partial charge >= 0.3 is 0 Å². The Hall–Kier alpha value is -0.0900. The Labute approximate surface area is 94.4 Å². The lowest BCUT2D eigenvalue weighted by atomic mass is 9.98. The fraction of sp³-hybridized carbons (Fsp3) is 0.900. The summed E-state index contributed by atoms with van der Waals surface area (Å²) in [5, 5.41) is 13.1. The Morgan fingerprint density at radius 2 is 2.07 bits per heavy atom. The summed E-state index contributed by atoms with van der Waals surface area (Å²) in [6.45, 7) is 5.32. The number of aliphatic hydroxyl groups excluding tert-OH is 1. The molecule has 0 rings (SSSR count). The first kappa shape index (κ1) is 13.9. The number of halogens is 1. The van der Waals surface area contributed by atoms with Crippen LogP contribution in [0.3, 0.4) is 0 Å². The van der Waals surface area contributed by atoms with Gasteiger partial charge in [-0.15, -0.1) is 0 Å². The zero-order valence-electron chi connectivity index (χ0n) is 9.14. The van der Waals surface area contributed by atoms with Gasteiger partial charge in [0.2, 0.25) is 5.91 Å². The zero-order valence-corrected chi connectivity index (χ0v) is 10.7. The summed E-state index contributed by atoms with van der Waals surface area (Å²) in [7, 11) is 0. The molecule has 0 aromatic rings. The van der Waals surface area contributed by atoms with Gasteiger partial charge in [0.1, 0.15) is 0 Å². The molecule has 0 aliphatic carbocycles. The standard InChI is InChI=1S/C10H20BrNO2/c1-8(13)10(2,3)12-9(14)6-4-5-7-11/h8,13H,4-7H2,1-3H3,(H,12,14). The molecule has 0 spiro atoms. The number of hydrogen-bond donors (Lipinski definition) is 2. The van der Waals surface area contributed by atoms with Crippen molar-refractivity contribution in [2.45, 2.75) is 51.7 Å². The molecular weight excluding hydrogens is 246 g/mol. The van der Waals surface area contributed by atoms with Crippen LogP contribution in [-0.2, 0) is 4.79 Å². The van der Waals surface area contributed by atoms with Crippen molar-refractivity contribution in [3.63, 3.8) is 0 Å². The predicted molar refractivity (Wildman–Crippen MR) is 61.5 cm³/mol. The lowest BCUT2D eigenvalue weighted by Crippen LogP contribution is -2.50. The van der Waals surface area contributed by atoms with Crippen molar-refractivity contribution in [3.05, 3.63) is 0 Å². The number of alkyl halides is 1. The molecule has 0 aromatic heterocycles. The van der Waals surface area contributed by atoms with Crippen LogP contribution in [0.2, 0.25) is 0 Å². The number of rotatable bonds is 6. The number of nitrogens with one attached hydrogen (secondary N) is 1.